The molecule has 140 valence electrons. The van der Waals surface area contributed by atoms with Gasteiger partial charge in [0.2, 0.25) is 0 Å². The van der Waals surface area contributed by atoms with Crippen molar-refractivity contribution in [3.63, 3.8) is 0 Å². The summed E-state index contributed by atoms with van der Waals surface area (Å²) >= 11 is 7.43. The van der Waals surface area contributed by atoms with Crippen molar-refractivity contribution in [1.29, 1.82) is 0 Å². The summed E-state index contributed by atoms with van der Waals surface area (Å²) in [4.78, 5) is 13.2. The number of nitrogens with one attached hydrogen (secondary N) is 1. The lowest BCUT2D eigenvalue weighted by Gasteiger charge is -2.12. The Labute approximate surface area is 169 Å². The number of carbonyl (C=O) groups excluding carboxylic acids is 1. The number of rotatable bonds is 5. The van der Waals surface area contributed by atoms with E-state index in [1.165, 1.54) is 16.9 Å². The first-order valence-corrected chi connectivity index (χ1v) is 9.95. The van der Waals surface area contributed by atoms with Crippen LogP contribution in [0.5, 0.6) is 5.75 Å². The predicted octanol–water partition coefficient (Wildman–Crippen LogP) is 6.47. The van der Waals surface area contributed by atoms with Gasteiger partial charge >= 0.3 is 0 Å². The number of ether oxygens (including phenoxy) is 1. The van der Waals surface area contributed by atoms with E-state index in [9.17, 15) is 4.79 Å². The van der Waals surface area contributed by atoms with Crippen molar-refractivity contribution in [3.05, 3.63) is 79.5 Å². The predicted molar refractivity (Wildman–Crippen MR) is 113 cm³/mol. The zero-order chi connectivity index (χ0) is 19.6. The first-order chi connectivity index (χ1) is 12.8. The Morgan fingerprint density at radius 3 is 2.44 bits per heavy atom. The highest BCUT2D eigenvalue weighted by molar-refractivity contribution is 7.12. The zero-order valence-corrected chi connectivity index (χ0v) is 17.4. The van der Waals surface area contributed by atoms with Crippen LogP contribution < -0.4 is 10.1 Å². The lowest BCUT2D eigenvalue weighted by molar-refractivity contribution is 0.103. The molecule has 0 fully saturated rings. The highest BCUT2D eigenvalue weighted by Crippen LogP contribution is 2.27. The van der Waals surface area contributed by atoms with Crippen LogP contribution in [-0.4, -0.2) is 5.91 Å². The molecule has 1 heterocycles. The standard InChI is InChI=1S/C22H22ClNO2S/c1-13-7-15(3)21(16(4)8-13)26-11-17-9-20(27-12-17)22(25)24-19-10-18(23)6-5-14(19)2/h5-10,12H,11H2,1-4H3,(H,24,25). The highest BCUT2D eigenvalue weighted by atomic mass is 35.5. The Morgan fingerprint density at radius 2 is 1.74 bits per heavy atom. The van der Waals surface area contributed by atoms with Gasteiger partial charge in [0.05, 0.1) is 4.88 Å². The fourth-order valence-corrected chi connectivity index (χ4v) is 4.00. The van der Waals surface area contributed by atoms with Gasteiger partial charge in [-0.2, -0.15) is 0 Å². The maximum absolute atomic E-state index is 12.5. The quantitative estimate of drug-likeness (QED) is 0.534. The second kappa shape index (κ2) is 8.15. The lowest BCUT2D eigenvalue weighted by atomic mass is 10.1. The average molecular weight is 400 g/mol. The number of hydrogen-bond acceptors (Lipinski definition) is 3. The van der Waals surface area contributed by atoms with Crippen LogP contribution in [0.2, 0.25) is 5.02 Å². The fraction of sp³-hybridized carbons (Fsp3) is 0.227. The van der Waals surface area contributed by atoms with Crippen LogP contribution in [0.15, 0.2) is 41.8 Å². The van der Waals surface area contributed by atoms with Crippen LogP contribution in [0.3, 0.4) is 0 Å². The smallest absolute Gasteiger partial charge is 0.265 e. The summed E-state index contributed by atoms with van der Waals surface area (Å²) in [5, 5.41) is 5.48. The average Bonchev–Trinajstić information content (AvgIpc) is 3.06. The molecule has 0 radical (unpaired) electrons. The van der Waals surface area contributed by atoms with E-state index in [4.69, 9.17) is 16.3 Å². The molecule has 3 aromatic rings. The third kappa shape index (κ3) is 4.71. The zero-order valence-electron chi connectivity index (χ0n) is 15.9. The van der Waals surface area contributed by atoms with Gasteiger partial charge in [0.25, 0.3) is 5.91 Å². The normalized spacial score (nSPS) is 10.7. The molecular formula is C22H22ClNO2S. The first kappa shape index (κ1) is 19.5. The second-order valence-corrected chi connectivity index (χ2v) is 8.10. The number of benzene rings is 2. The molecule has 0 spiro atoms. The van der Waals surface area contributed by atoms with Crippen molar-refractivity contribution in [3.8, 4) is 5.75 Å². The molecule has 27 heavy (non-hydrogen) atoms. The monoisotopic (exact) mass is 399 g/mol. The van der Waals surface area contributed by atoms with E-state index >= 15 is 0 Å². The van der Waals surface area contributed by atoms with Gasteiger partial charge in [0.15, 0.2) is 0 Å². The van der Waals surface area contributed by atoms with Crippen molar-refractivity contribution in [2.24, 2.45) is 0 Å². The Bertz CT molecular complexity index is 971. The number of thiophene rings is 1. The fourth-order valence-electron chi connectivity index (χ4n) is 3.03. The van der Waals surface area contributed by atoms with Gasteiger partial charge in [-0.3, -0.25) is 4.79 Å². The number of amides is 1. The number of aryl methyl sites for hydroxylation is 4. The van der Waals surface area contributed by atoms with E-state index in [0.717, 1.165) is 33.7 Å². The Kier molecular flexibility index (Phi) is 5.88. The van der Waals surface area contributed by atoms with E-state index in [1.807, 2.05) is 30.5 Å². The molecule has 0 aliphatic carbocycles. The van der Waals surface area contributed by atoms with Crippen LogP contribution in [-0.2, 0) is 6.61 Å². The van der Waals surface area contributed by atoms with E-state index in [1.54, 1.807) is 6.07 Å². The van der Waals surface area contributed by atoms with Gasteiger partial charge in [-0.05, 0) is 68.0 Å². The summed E-state index contributed by atoms with van der Waals surface area (Å²) in [5.74, 6) is 0.770. The second-order valence-electron chi connectivity index (χ2n) is 6.75. The van der Waals surface area contributed by atoms with E-state index in [-0.39, 0.29) is 5.91 Å². The van der Waals surface area contributed by atoms with Gasteiger partial charge in [-0.25, -0.2) is 0 Å². The van der Waals surface area contributed by atoms with E-state index < -0.39 is 0 Å². The first-order valence-electron chi connectivity index (χ1n) is 8.69. The topological polar surface area (TPSA) is 38.3 Å². The molecule has 0 aliphatic rings. The maximum Gasteiger partial charge on any atom is 0.265 e. The SMILES string of the molecule is Cc1cc(C)c(OCc2csc(C(=O)Nc3cc(Cl)ccc3C)c2)c(C)c1. The molecular weight excluding hydrogens is 378 g/mol. The van der Waals surface area contributed by atoms with E-state index in [2.05, 4.69) is 38.2 Å². The number of carbonyl (C=O) groups is 1. The molecule has 1 amide bonds. The summed E-state index contributed by atoms with van der Waals surface area (Å²) in [6, 6.07) is 11.6. The third-order valence-electron chi connectivity index (χ3n) is 4.31. The number of anilines is 1. The molecule has 0 saturated heterocycles. The molecule has 0 bridgehead atoms. The van der Waals surface area contributed by atoms with Crippen LogP contribution in [0.25, 0.3) is 0 Å². The Hall–Kier alpha value is -2.30. The van der Waals surface area contributed by atoms with Crippen LogP contribution in [0.4, 0.5) is 5.69 Å². The van der Waals surface area contributed by atoms with Crippen molar-refractivity contribution >= 4 is 34.5 Å². The molecule has 5 heteroatoms. The van der Waals surface area contributed by atoms with Gasteiger partial charge in [0.1, 0.15) is 12.4 Å². The Morgan fingerprint density at radius 1 is 1.04 bits per heavy atom. The maximum atomic E-state index is 12.5. The van der Waals surface area contributed by atoms with Gasteiger partial charge in [0, 0.05) is 16.3 Å². The molecule has 0 atom stereocenters. The van der Waals surface area contributed by atoms with Crippen LogP contribution in [0, 0.1) is 27.7 Å². The van der Waals surface area contributed by atoms with Crippen molar-refractivity contribution in [2.45, 2.75) is 34.3 Å². The Balaban J connectivity index is 1.68. The minimum absolute atomic E-state index is 0.140. The molecule has 1 aromatic heterocycles. The van der Waals surface area contributed by atoms with Crippen molar-refractivity contribution in [2.75, 3.05) is 5.32 Å². The molecule has 3 rings (SSSR count). The molecule has 0 saturated carbocycles. The minimum atomic E-state index is -0.140. The molecule has 0 unspecified atom stereocenters. The summed E-state index contributed by atoms with van der Waals surface area (Å²) in [5.41, 5.74) is 6.15. The summed E-state index contributed by atoms with van der Waals surface area (Å²) in [7, 11) is 0. The third-order valence-corrected chi connectivity index (χ3v) is 5.53. The van der Waals surface area contributed by atoms with E-state index in [0.29, 0.717) is 16.5 Å². The van der Waals surface area contributed by atoms with Gasteiger partial charge < -0.3 is 10.1 Å². The van der Waals surface area contributed by atoms with Crippen molar-refractivity contribution < 1.29 is 9.53 Å². The molecule has 2 aromatic carbocycles. The van der Waals surface area contributed by atoms with Gasteiger partial charge in [-0.1, -0.05) is 35.4 Å². The lowest BCUT2D eigenvalue weighted by Crippen LogP contribution is -2.11. The summed E-state index contributed by atoms with van der Waals surface area (Å²) in [6.07, 6.45) is 0. The molecule has 3 nitrogen and oxygen atoms in total. The number of hydrogen-bond donors (Lipinski definition) is 1. The van der Waals surface area contributed by atoms with Gasteiger partial charge in [-0.15, -0.1) is 11.3 Å². The van der Waals surface area contributed by atoms with Crippen LogP contribution >= 0.6 is 22.9 Å². The van der Waals surface area contributed by atoms with Crippen LogP contribution in [0.1, 0.15) is 37.5 Å². The summed E-state index contributed by atoms with van der Waals surface area (Å²) < 4.78 is 6.01. The highest BCUT2D eigenvalue weighted by Gasteiger charge is 2.12. The largest absolute Gasteiger partial charge is 0.488 e. The molecule has 0 aliphatic heterocycles. The summed E-state index contributed by atoms with van der Waals surface area (Å²) in [6.45, 7) is 8.55. The minimum Gasteiger partial charge on any atom is -0.488 e. The van der Waals surface area contributed by atoms with Crippen molar-refractivity contribution in [1.82, 2.24) is 0 Å². The molecule has 1 N–H and O–H groups in total. The number of halogens is 1.